The molecule has 9 nitrogen and oxygen atoms in total. The highest BCUT2D eigenvalue weighted by Crippen LogP contribution is 2.29. The average molecular weight is 379 g/mol. The summed E-state index contributed by atoms with van der Waals surface area (Å²) in [6, 6.07) is 3.28. The number of rotatable bonds is 9. The number of hydrazine groups is 1. The number of hydrogen-bond donors (Lipinski definition) is 0. The Hall–Kier alpha value is -1.97. The van der Waals surface area contributed by atoms with Gasteiger partial charge in [-0.25, -0.2) is 5.01 Å². The van der Waals surface area contributed by atoms with Gasteiger partial charge >= 0.3 is 0 Å². The summed E-state index contributed by atoms with van der Waals surface area (Å²) in [7, 11) is 0. The van der Waals surface area contributed by atoms with Crippen LogP contribution in [-0.4, -0.2) is 57.2 Å². The maximum Gasteiger partial charge on any atom is 0.289 e. The van der Waals surface area contributed by atoms with Gasteiger partial charge in [-0.1, -0.05) is 0 Å². The molecule has 0 fully saturated rings. The zero-order chi connectivity index (χ0) is 18.3. The summed E-state index contributed by atoms with van der Waals surface area (Å²) in [5.74, 6) is -0.453. The standard InChI is InChI=1S/C13H16Cl2N4O5/c1-2-17(16(8-6-14)9-7-15)13(20)12-10(18(21)22)4-3-5-11(12)19(23)24/h3-5H,2,6-9H2,1H3. The number of hydrogen-bond acceptors (Lipinski definition) is 6. The van der Waals surface area contributed by atoms with Crippen molar-refractivity contribution < 1.29 is 14.6 Å². The van der Waals surface area contributed by atoms with Gasteiger partial charge in [0.1, 0.15) is 0 Å². The van der Waals surface area contributed by atoms with Crippen molar-refractivity contribution in [2.45, 2.75) is 6.92 Å². The topological polar surface area (TPSA) is 110 Å². The molecule has 0 saturated carbocycles. The van der Waals surface area contributed by atoms with E-state index in [-0.39, 0.29) is 31.4 Å². The largest absolute Gasteiger partial charge is 0.289 e. The van der Waals surface area contributed by atoms with Crippen molar-refractivity contribution in [3.63, 3.8) is 0 Å². The first kappa shape index (κ1) is 20.1. The Labute approximate surface area is 148 Å². The Balaban J connectivity index is 3.42. The highest BCUT2D eigenvalue weighted by Gasteiger charge is 2.34. The Morgan fingerprint density at radius 1 is 1.08 bits per heavy atom. The SMILES string of the molecule is CCN(C(=O)c1c([N+](=O)[O-])cccc1[N+](=O)[O-])N(CCCl)CCCl. The number of carbonyl (C=O) groups is 1. The summed E-state index contributed by atoms with van der Waals surface area (Å²) in [4.78, 5) is 33.6. The van der Waals surface area contributed by atoms with Crippen molar-refractivity contribution in [1.29, 1.82) is 0 Å². The molecule has 24 heavy (non-hydrogen) atoms. The van der Waals surface area contributed by atoms with E-state index in [1.54, 1.807) is 6.92 Å². The molecule has 1 aromatic rings. The van der Waals surface area contributed by atoms with E-state index in [2.05, 4.69) is 0 Å². The van der Waals surface area contributed by atoms with E-state index in [9.17, 15) is 25.0 Å². The summed E-state index contributed by atoms with van der Waals surface area (Å²) in [5, 5.41) is 25.1. The number of carbonyl (C=O) groups excluding carboxylic acids is 1. The molecule has 0 spiro atoms. The van der Waals surface area contributed by atoms with E-state index in [0.29, 0.717) is 0 Å². The predicted molar refractivity (Wildman–Crippen MR) is 89.5 cm³/mol. The zero-order valence-corrected chi connectivity index (χ0v) is 14.4. The first-order chi connectivity index (χ1) is 11.4. The first-order valence-electron chi connectivity index (χ1n) is 6.99. The van der Waals surface area contributed by atoms with E-state index >= 15 is 0 Å². The van der Waals surface area contributed by atoms with Crippen LogP contribution in [0.5, 0.6) is 0 Å². The molecule has 0 bridgehead atoms. The van der Waals surface area contributed by atoms with Gasteiger partial charge in [-0.15, -0.1) is 23.2 Å². The molecule has 0 aliphatic rings. The van der Waals surface area contributed by atoms with E-state index < -0.39 is 32.7 Å². The normalized spacial score (nSPS) is 10.7. The molecule has 0 atom stereocenters. The second-order valence-corrected chi connectivity index (χ2v) is 5.29. The lowest BCUT2D eigenvalue weighted by Gasteiger charge is -2.33. The molecule has 132 valence electrons. The molecule has 0 aliphatic heterocycles. The number of nitrogens with zero attached hydrogens (tertiary/aromatic N) is 4. The summed E-state index contributed by atoms with van der Waals surface area (Å²) >= 11 is 11.4. The van der Waals surface area contributed by atoms with Crippen LogP contribution in [0.3, 0.4) is 0 Å². The lowest BCUT2D eigenvalue weighted by Crippen LogP contribution is -2.48. The lowest BCUT2D eigenvalue weighted by atomic mass is 10.1. The molecule has 0 heterocycles. The van der Waals surface area contributed by atoms with E-state index in [4.69, 9.17) is 23.2 Å². The maximum absolute atomic E-state index is 12.8. The average Bonchev–Trinajstić information content (AvgIpc) is 2.54. The Morgan fingerprint density at radius 3 is 1.88 bits per heavy atom. The van der Waals surface area contributed by atoms with Crippen LogP contribution in [-0.2, 0) is 0 Å². The van der Waals surface area contributed by atoms with Gasteiger partial charge < -0.3 is 0 Å². The third-order valence-corrected chi connectivity index (χ3v) is 3.53. The molecular formula is C13H16Cl2N4O5. The minimum absolute atomic E-state index is 0.149. The van der Waals surface area contributed by atoms with Crippen LogP contribution in [0.1, 0.15) is 17.3 Å². The van der Waals surface area contributed by atoms with Gasteiger partial charge in [0.25, 0.3) is 17.3 Å². The number of nitro benzene ring substituents is 2. The number of benzene rings is 1. The predicted octanol–water partition coefficient (Wildman–Crippen LogP) is 2.66. The van der Waals surface area contributed by atoms with Gasteiger partial charge in [-0.05, 0) is 13.0 Å². The van der Waals surface area contributed by atoms with Gasteiger partial charge in [0.05, 0.1) is 9.85 Å². The summed E-state index contributed by atoms with van der Waals surface area (Å²) in [6.45, 7) is 2.33. The van der Waals surface area contributed by atoms with Crippen LogP contribution >= 0.6 is 23.2 Å². The zero-order valence-electron chi connectivity index (χ0n) is 12.9. The fraction of sp³-hybridized carbons (Fsp3) is 0.462. The smallest absolute Gasteiger partial charge is 0.271 e. The third-order valence-electron chi connectivity index (χ3n) is 3.19. The number of amides is 1. The Bertz CT molecular complexity index is 590. The van der Waals surface area contributed by atoms with Crippen LogP contribution in [0.4, 0.5) is 11.4 Å². The van der Waals surface area contributed by atoms with Crippen molar-refractivity contribution in [3.05, 3.63) is 44.0 Å². The van der Waals surface area contributed by atoms with Crippen molar-refractivity contribution in [2.24, 2.45) is 0 Å². The molecule has 11 heteroatoms. The van der Waals surface area contributed by atoms with Gasteiger partial charge in [-0.2, -0.15) is 0 Å². The molecule has 1 aromatic carbocycles. The number of nitro groups is 2. The fourth-order valence-corrected chi connectivity index (χ4v) is 2.59. The highest BCUT2D eigenvalue weighted by atomic mass is 35.5. The highest BCUT2D eigenvalue weighted by molar-refractivity contribution is 6.18. The quantitative estimate of drug-likeness (QED) is 0.371. The van der Waals surface area contributed by atoms with Crippen LogP contribution in [0.2, 0.25) is 0 Å². The molecular weight excluding hydrogens is 363 g/mol. The second-order valence-electron chi connectivity index (χ2n) is 4.54. The molecule has 0 N–H and O–H groups in total. The Morgan fingerprint density at radius 2 is 1.54 bits per heavy atom. The lowest BCUT2D eigenvalue weighted by molar-refractivity contribution is -0.394. The molecule has 1 amide bonds. The maximum atomic E-state index is 12.8. The van der Waals surface area contributed by atoms with Crippen molar-refractivity contribution in [3.8, 4) is 0 Å². The summed E-state index contributed by atoms with van der Waals surface area (Å²) in [6.07, 6.45) is 0. The molecule has 0 aliphatic carbocycles. The summed E-state index contributed by atoms with van der Waals surface area (Å²) < 4.78 is 0. The van der Waals surface area contributed by atoms with E-state index in [1.807, 2.05) is 0 Å². The van der Waals surface area contributed by atoms with Gasteiger partial charge in [0.2, 0.25) is 0 Å². The minimum Gasteiger partial charge on any atom is -0.271 e. The second kappa shape index (κ2) is 9.36. The molecule has 0 radical (unpaired) electrons. The van der Waals surface area contributed by atoms with Crippen molar-refractivity contribution in [1.82, 2.24) is 10.0 Å². The van der Waals surface area contributed by atoms with E-state index in [0.717, 1.165) is 12.1 Å². The van der Waals surface area contributed by atoms with Crippen LogP contribution in [0.25, 0.3) is 0 Å². The van der Waals surface area contributed by atoms with Crippen LogP contribution in [0, 0.1) is 20.2 Å². The number of halogens is 2. The fourth-order valence-electron chi connectivity index (χ4n) is 2.20. The van der Waals surface area contributed by atoms with Crippen molar-refractivity contribution >= 4 is 40.5 Å². The van der Waals surface area contributed by atoms with Crippen molar-refractivity contribution in [2.75, 3.05) is 31.4 Å². The number of alkyl halides is 2. The first-order valence-corrected chi connectivity index (χ1v) is 8.06. The minimum atomic E-state index is -0.841. The van der Waals surface area contributed by atoms with Crippen LogP contribution in [0.15, 0.2) is 18.2 Å². The molecule has 0 unspecified atom stereocenters. The molecule has 0 aromatic heterocycles. The molecule has 0 saturated heterocycles. The van der Waals surface area contributed by atoms with Gasteiger partial charge in [0.15, 0.2) is 5.56 Å². The third kappa shape index (κ3) is 4.53. The molecule has 1 rings (SSSR count). The monoisotopic (exact) mass is 378 g/mol. The van der Waals surface area contributed by atoms with E-state index in [1.165, 1.54) is 16.1 Å². The van der Waals surface area contributed by atoms with Crippen LogP contribution < -0.4 is 0 Å². The van der Waals surface area contributed by atoms with Gasteiger partial charge in [0, 0.05) is 43.5 Å². The van der Waals surface area contributed by atoms with Gasteiger partial charge in [-0.3, -0.25) is 30.0 Å². The summed E-state index contributed by atoms with van der Waals surface area (Å²) in [5.41, 5.74) is -1.81. The Kier molecular flexibility index (Phi) is 7.83.